The summed E-state index contributed by atoms with van der Waals surface area (Å²) in [5.74, 6) is 0.799. The lowest BCUT2D eigenvalue weighted by molar-refractivity contribution is -0.116. The average molecular weight is 540 g/mol. The van der Waals surface area contributed by atoms with Gasteiger partial charge in [0.25, 0.3) is 5.91 Å². The van der Waals surface area contributed by atoms with Gasteiger partial charge < -0.3 is 15.5 Å². The van der Waals surface area contributed by atoms with Crippen LogP contribution in [0.15, 0.2) is 89.9 Å². The third-order valence-corrected chi connectivity index (χ3v) is 5.92. The lowest BCUT2D eigenvalue weighted by Crippen LogP contribution is -2.29. The number of nitrogen functional groups attached to an aromatic ring is 1. The van der Waals surface area contributed by atoms with Crippen molar-refractivity contribution in [3.8, 4) is 11.1 Å². The number of hydrogen-bond acceptors (Lipinski definition) is 8. The maximum absolute atomic E-state index is 12.4. The van der Waals surface area contributed by atoms with Crippen LogP contribution in [0.2, 0.25) is 5.02 Å². The molecule has 0 unspecified atom stereocenters. The topological polar surface area (TPSA) is 148 Å². The van der Waals surface area contributed by atoms with Crippen LogP contribution >= 0.6 is 11.6 Å². The molecule has 0 aliphatic carbocycles. The number of halogens is 1. The van der Waals surface area contributed by atoms with Gasteiger partial charge in [0.2, 0.25) is 5.91 Å². The van der Waals surface area contributed by atoms with Gasteiger partial charge in [0.05, 0.1) is 17.8 Å². The molecule has 5 N–H and O–H groups in total. The fraction of sp³-hybridized carbons (Fsp3) is 0.0357. The van der Waals surface area contributed by atoms with Crippen molar-refractivity contribution >= 4 is 52.1 Å². The number of hydrazine groups is 1. The van der Waals surface area contributed by atoms with Crippen LogP contribution in [-0.4, -0.2) is 26.8 Å². The zero-order valence-corrected chi connectivity index (χ0v) is 21.1. The maximum atomic E-state index is 12.4. The average Bonchev–Trinajstić information content (AvgIpc) is 3.39. The smallest absolute Gasteiger partial charge is 0.269 e. The Kier molecular flexibility index (Phi) is 7.46. The summed E-state index contributed by atoms with van der Waals surface area (Å²) < 4.78 is 5.87. The van der Waals surface area contributed by atoms with E-state index in [1.165, 1.54) is 18.5 Å². The van der Waals surface area contributed by atoms with Crippen molar-refractivity contribution in [3.05, 3.63) is 107 Å². The van der Waals surface area contributed by atoms with E-state index in [0.29, 0.717) is 33.6 Å². The van der Waals surface area contributed by atoms with Gasteiger partial charge in [-0.05, 0) is 65.2 Å². The monoisotopic (exact) mass is 539 g/mol. The number of amides is 2. The van der Waals surface area contributed by atoms with E-state index in [2.05, 4.69) is 31.1 Å². The first kappa shape index (κ1) is 25.4. The number of benzene rings is 2. The number of pyridine rings is 1. The fourth-order valence-corrected chi connectivity index (χ4v) is 3.97. The van der Waals surface area contributed by atoms with E-state index in [-0.39, 0.29) is 18.4 Å². The molecule has 3 heterocycles. The molecule has 3 aromatic heterocycles. The molecule has 0 spiro atoms. The summed E-state index contributed by atoms with van der Waals surface area (Å²) in [4.78, 5) is 36.6. The molecule has 0 fully saturated rings. The number of hydrogen-bond donors (Lipinski definition) is 4. The Labute approximate surface area is 227 Å². The molecular weight excluding hydrogens is 518 g/mol. The van der Waals surface area contributed by atoms with Crippen molar-refractivity contribution in [2.45, 2.75) is 6.54 Å². The van der Waals surface area contributed by atoms with E-state index in [1.807, 2.05) is 24.3 Å². The van der Waals surface area contributed by atoms with Crippen molar-refractivity contribution in [1.29, 1.82) is 0 Å². The largest absolute Gasteiger partial charge is 0.458 e. The second-order valence-electron chi connectivity index (χ2n) is 8.40. The SMILES string of the molecule is Nc1ccc(C=CC(=O)NCc2cc3cc(-c4ccc(C(=O)NNc5cnccn5)cc4)cc(Cl)c3o2)cn1. The van der Waals surface area contributed by atoms with Crippen LogP contribution in [0.25, 0.3) is 28.2 Å². The number of carbonyl (C=O) groups excluding carboxylic acids is 2. The predicted octanol–water partition coefficient (Wildman–Crippen LogP) is 4.61. The van der Waals surface area contributed by atoms with Gasteiger partial charge in [-0.2, -0.15) is 0 Å². The Balaban J connectivity index is 1.23. The van der Waals surface area contributed by atoms with Crippen molar-refractivity contribution in [2.24, 2.45) is 0 Å². The molecule has 0 saturated heterocycles. The molecule has 11 heteroatoms. The Bertz CT molecular complexity index is 1650. The fourth-order valence-electron chi connectivity index (χ4n) is 3.71. The first-order valence-corrected chi connectivity index (χ1v) is 12.1. The van der Waals surface area contributed by atoms with Gasteiger partial charge in [-0.1, -0.05) is 23.7 Å². The highest BCUT2D eigenvalue weighted by molar-refractivity contribution is 6.35. The van der Waals surface area contributed by atoms with Gasteiger partial charge in [0.15, 0.2) is 11.4 Å². The molecule has 0 aliphatic rings. The molecule has 2 aromatic carbocycles. The first-order chi connectivity index (χ1) is 18.9. The summed E-state index contributed by atoms with van der Waals surface area (Å²) in [5.41, 5.74) is 14.3. The second-order valence-corrected chi connectivity index (χ2v) is 8.81. The quantitative estimate of drug-likeness (QED) is 0.165. The van der Waals surface area contributed by atoms with Crippen molar-refractivity contribution in [1.82, 2.24) is 25.7 Å². The minimum absolute atomic E-state index is 0.190. The number of carbonyl (C=O) groups is 2. The van der Waals surface area contributed by atoms with Gasteiger partial charge in [-0.15, -0.1) is 0 Å². The van der Waals surface area contributed by atoms with Crippen molar-refractivity contribution in [3.63, 3.8) is 0 Å². The Morgan fingerprint density at radius 2 is 1.82 bits per heavy atom. The normalized spacial score (nSPS) is 11.0. The minimum Gasteiger partial charge on any atom is -0.458 e. The van der Waals surface area contributed by atoms with Crippen molar-refractivity contribution < 1.29 is 14.0 Å². The van der Waals surface area contributed by atoms with E-state index in [9.17, 15) is 9.59 Å². The molecule has 0 aliphatic heterocycles. The van der Waals surface area contributed by atoms with Crippen LogP contribution in [-0.2, 0) is 11.3 Å². The third kappa shape index (κ3) is 6.38. The van der Waals surface area contributed by atoms with Crippen LogP contribution < -0.4 is 21.9 Å². The van der Waals surface area contributed by atoms with Gasteiger partial charge in [-0.3, -0.25) is 25.4 Å². The Hall–Kier alpha value is -5.22. The van der Waals surface area contributed by atoms with Crippen LogP contribution in [0.5, 0.6) is 0 Å². The van der Waals surface area contributed by atoms with Crippen molar-refractivity contribution in [2.75, 3.05) is 11.2 Å². The molecule has 0 radical (unpaired) electrons. The standard InChI is InChI=1S/C28H22ClN7O3/c29-23-13-20(18-3-5-19(6-4-18)28(38)36-35-25-16-31-9-10-32-25)11-21-12-22(39-27(21)23)15-34-26(37)8-2-17-1-7-24(30)33-14-17/h1-14,16H,15H2,(H2,30,33)(H,32,35)(H,34,37)(H,36,38). The highest BCUT2D eigenvalue weighted by atomic mass is 35.5. The number of nitrogens with two attached hydrogens (primary N) is 1. The summed E-state index contributed by atoms with van der Waals surface area (Å²) >= 11 is 6.51. The highest BCUT2D eigenvalue weighted by Gasteiger charge is 2.12. The van der Waals surface area contributed by atoms with E-state index in [1.54, 1.807) is 48.8 Å². The Morgan fingerprint density at radius 3 is 2.56 bits per heavy atom. The number of nitrogens with one attached hydrogen (secondary N) is 3. The summed E-state index contributed by atoms with van der Waals surface area (Å²) in [6.07, 6.45) is 9.20. The number of fused-ring (bicyclic) bond motifs is 1. The molecule has 10 nitrogen and oxygen atoms in total. The number of aromatic nitrogens is 3. The molecule has 5 rings (SSSR count). The molecule has 5 aromatic rings. The van der Waals surface area contributed by atoms with Gasteiger partial charge in [-0.25, -0.2) is 9.97 Å². The molecule has 194 valence electrons. The van der Waals surface area contributed by atoms with Gasteiger partial charge in [0, 0.05) is 35.6 Å². The molecule has 2 amide bonds. The zero-order chi connectivity index (χ0) is 27.2. The summed E-state index contributed by atoms with van der Waals surface area (Å²) in [6, 6.07) is 16.1. The van der Waals surface area contributed by atoms with Gasteiger partial charge >= 0.3 is 0 Å². The number of anilines is 2. The molecule has 0 atom stereocenters. The van der Waals surface area contributed by atoms with E-state index >= 15 is 0 Å². The lowest BCUT2D eigenvalue weighted by atomic mass is 10.0. The molecule has 0 bridgehead atoms. The van der Waals surface area contributed by atoms with Crippen LogP contribution in [0.3, 0.4) is 0 Å². The van der Waals surface area contributed by atoms with Gasteiger partial charge in [0.1, 0.15) is 11.6 Å². The lowest BCUT2D eigenvalue weighted by Gasteiger charge is -2.08. The Morgan fingerprint density at radius 1 is 0.974 bits per heavy atom. The molecule has 0 saturated carbocycles. The number of rotatable bonds is 8. The van der Waals surface area contributed by atoms with Crippen LogP contribution in [0.1, 0.15) is 21.7 Å². The molecule has 39 heavy (non-hydrogen) atoms. The first-order valence-electron chi connectivity index (χ1n) is 11.8. The number of furan rings is 1. The van der Waals surface area contributed by atoms with E-state index < -0.39 is 0 Å². The minimum atomic E-state index is -0.317. The summed E-state index contributed by atoms with van der Waals surface area (Å²) in [7, 11) is 0. The van der Waals surface area contributed by atoms with E-state index in [4.69, 9.17) is 21.8 Å². The predicted molar refractivity (Wildman–Crippen MR) is 149 cm³/mol. The second kappa shape index (κ2) is 11.4. The highest BCUT2D eigenvalue weighted by Crippen LogP contribution is 2.33. The number of nitrogens with zero attached hydrogens (tertiary/aromatic N) is 3. The van der Waals surface area contributed by atoms with Crippen LogP contribution in [0.4, 0.5) is 11.6 Å². The summed E-state index contributed by atoms with van der Waals surface area (Å²) in [5, 5.41) is 4.01. The van der Waals surface area contributed by atoms with Crippen LogP contribution in [0, 0.1) is 0 Å². The zero-order valence-electron chi connectivity index (χ0n) is 20.4. The summed E-state index contributed by atoms with van der Waals surface area (Å²) in [6.45, 7) is 0.190. The van der Waals surface area contributed by atoms with E-state index in [0.717, 1.165) is 22.1 Å². The third-order valence-electron chi connectivity index (χ3n) is 5.64. The maximum Gasteiger partial charge on any atom is 0.269 e. The molecular formula is C28H22ClN7O3.